The highest BCUT2D eigenvalue weighted by molar-refractivity contribution is 7.20. The van der Waals surface area contributed by atoms with Gasteiger partial charge in [-0.05, 0) is 6.92 Å². The Kier molecular flexibility index (Phi) is 2.75. The number of nitrogens with one attached hydrogen (secondary N) is 1. The monoisotopic (exact) mass is 273 g/mol. The Morgan fingerprint density at radius 2 is 1.95 bits per heavy atom. The van der Waals surface area contributed by atoms with Crippen molar-refractivity contribution in [2.45, 2.75) is 6.92 Å². The largest absolute Gasteiger partial charge is 0.363 e. The Labute approximate surface area is 112 Å². The predicted octanol–water partition coefficient (Wildman–Crippen LogP) is 1.56. The molecule has 0 amide bonds. The van der Waals surface area contributed by atoms with Gasteiger partial charge in [0.1, 0.15) is 0 Å². The molecule has 3 rings (SSSR count). The average molecular weight is 273 g/mol. The first-order valence-corrected chi connectivity index (χ1v) is 6.52. The Morgan fingerprint density at radius 1 is 1.21 bits per heavy atom. The van der Waals surface area contributed by atoms with E-state index in [9.17, 15) is 4.79 Å². The molecule has 0 atom stereocenters. The van der Waals surface area contributed by atoms with Gasteiger partial charge in [0, 0.05) is 12.6 Å². The zero-order chi connectivity index (χ0) is 13.4. The number of hydrogen-bond acceptors (Lipinski definition) is 6. The highest BCUT2D eigenvalue weighted by atomic mass is 32.1. The summed E-state index contributed by atoms with van der Waals surface area (Å²) in [6.07, 6.45) is 0. The van der Waals surface area contributed by atoms with E-state index in [4.69, 9.17) is 0 Å². The summed E-state index contributed by atoms with van der Waals surface area (Å²) in [6.45, 7) is 1.99. The van der Waals surface area contributed by atoms with Gasteiger partial charge in [0.2, 0.25) is 10.1 Å². The maximum atomic E-state index is 12.3. The smallest absolute Gasteiger partial charge is 0.302 e. The Hall–Kier alpha value is -2.28. The second-order valence-corrected chi connectivity index (χ2v) is 5.03. The van der Waals surface area contributed by atoms with Gasteiger partial charge in [-0.1, -0.05) is 41.2 Å². The SMILES string of the molecule is CNc1nn2c(=O)c(-c3ccc(C)cc3)nnc2s1. The molecular formula is C12H11N5OS. The van der Waals surface area contributed by atoms with Gasteiger partial charge in [-0.3, -0.25) is 4.79 Å². The molecule has 0 unspecified atom stereocenters. The van der Waals surface area contributed by atoms with Gasteiger partial charge in [0.05, 0.1) is 0 Å². The van der Waals surface area contributed by atoms with E-state index >= 15 is 0 Å². The lowest BCUT2D eigenvalue weighted by atomic mass is 10.1. The van der Waals surface area contributed by atoms with Crippen molar-refractivity contribution >= 4 is 21.4 Å². The van der Waals surface area contributed by atoms with Crippen LogP contribution in [0.5, 0.6) is 0 Å². The fourth-order valence-corrected chi connectivity index (χ4v) is 2.40. The molecule has 6 nitrogen and oxygen atoms in total. The van der Waals surface area contributed by atoms with E-state index < -0.39 is 0 Å². The van der Waals surface area contributed by atoms with Crippen molar-refractivity contribution in [1.82, 2.24) is 19.8 Å². The lowest BCUT2D eigenvalue weighted by molar-refractivity contribution is 0.861. The molecule has 2 heterocycles. The molecule has 19 heavy (non-hydrogen) atoms. The topological polar surface area (TPSA) is 72.2 Å². The summed E-state index contributed by atoms with van der Waals surface area (Å²) in [6, 6.07) is 7.59. The second-order valence-electron chi connectivity index (χ2n) is 4.07. The van der Waals surface area contributed by atoms with Crippen LogP contribution in [0, 0.1) is 6.92 Å². The molecule has 0 aliphatic carbocycles. The Balaban J connectivity index is 2.22. The normalized spacial score (nSPS) is 10.8. The molecule has 1 N–H and O–H groups in total. The van der Waals surface area contributed by atoms with E-state index in [0.29, 0.717) is 15.8 Å². The lowest BCUT2D eigenvalue weighted by Gasteiger charge is -1.99. The summed E-state index contributed by atoms with van der Waals surface area (Å²) >= 11 is 1.28. The van der Waals surface area contributed by atoms with Crippen molar-refractivity contribution in [2.24, 2.45) is 0 Å². The van der Waals surface area contributed by atoms with Crippen LogP contribution in [0.25, 0.3) is 16.2 Å². The number of aromatic nitrogens is 4. The average Bonchev–Trinajstić information content (AvgIpc) is 2.85. The van der Waals surface area contributed by atoms with E-state index in [-0.39, 0.29) is 5.56 Å². The van der Waals surface area contributed by atoms with Crippen LogP contribution in [0.4, 0.5) is 5.13 Å². The second kappa shape index (κ2) is 4.43. The molecule has 3 aromatic rings. The first-order chi connectivity index (χ1) is 9.19. The number of anilines is 1. The third-order valence-electron chi connectivity index (χ3n) is 2.73. The molecule has 0 fully saturated rings. The molecule has 7 heteroatoms. The quantitative estimate of drug-likeness (QED) is 0.767. The Bertz CT molecular complexity index is 790. The van der Waals surface area contributed by atoms with E-state index in [1.54, 1.807) is 7.05 Å². The van der Waals surface area contributed by atoms with E-state index in [1.807, 2.05) is 31.2 Å². The van der Waals surface area contributed by atoms with Gasteiger partial charge in [0.25, 0.3) is 0 Å². The van der Waals surface area contributed by atoms with Crippen LogP contribution in [-0.2, 0) is 0 Å². The van der Waals surface area contributed by atoms with Crippen LogP contribution in [0.15, 0.2) is 29.1 Å². The van der Waals surface area contributed by atoms with Gasteiger partial charge in [-0.15, -0.1) is 15.3 Å². The molecule has 0 aliphatic heterocycles. The summed E-state index contributed by atoms with van der Waals surface area (Å²) in [5.74, 6) is 0. The minimum Gasteiger partial charge on any atom is -0.363 e. The molecule has 0 spiro atoms. The molecule has 0 saturated heterocycles. The van der Waals surface area contributed by atoms with Crippen molar-refractivity contribution in [1.29, 1.82) is 0 Å². The van der Waals surface area contributed by atoms with Crippen LogP contribution in [-0.4, -0.2) is 26.9 Å². The summed E-state index contributed by atoms with van der Waals surface area (Å²) < 4.78 is 1.28. The third-order valence-corrected chi connectivity index (χ3v) is 3.65. The van der Waals surface area contributed by atoms with Crippen molar-refractivity contribution in [3.05, 3.63) is 40.2 Å². The van der Waals surface area contributed by atoms with Gasteiger partial charge in [-0.25, -0.2) is 0 Å². The van der Waals surface area contributed by atoms with Gasteiger partial charge in [0.15, 0.2) is 5.69 Å². The van der Waals surface area contributed by atoms with Crippen molar-refractivity contribution in [3.8, 4) is 11.3 Å². The van der Waals surface area contributed by atoms with Crippen LogP contribution < -0.4 is 10.9 Å². The summed E-state index contributed by atoms with van der Waals surface area (Å²) in [5, 5.41) is 15.7. The van der Waals surface area contributed by atoms with Gasteiger partial charge < -0.3 is 5.32 Å². The number of aryl methyl sites for hydroxylation is 1. The molecule has 96 valence electrons. The standard InChI is InChI=1S/C12H11N5OS/c1-7-3-5-8(6-4-7)9-10(18)17-12(15-14-9)19-11(13-2)16-17/h3-6H,1-2H3,(H,13,16). The zero-order valence-electron chi connectivity index (χ0n) is 10.4. The van der Waals surface area contributed by atoms with Crippen molar-refractivity contribution < 1.29 is 0 Å². The highest BCUT2D eigenvalue weighted by Gasteiger charge is 2.12. The number of fused-ring (bicyclic) bond motifs is 1. The third kappa shape index (κ3) is 1.97. The van der Waals surface area contributed by atoms with Crippen molar-refractivity contribution in [3.63, 3.8) is 0 Å². The maximum absolute atomic E-state index is 12.3. The van der Waals surface area contributed by atoms with Crippen LogP contribution in [0.2, 0.25) is 0 Å². The van der Waals surface area contributed by atoms with Gasteiger partial charge in [-0.2, -0.15) is 4.52 Å². The number of hydrogen-bond donors (Lipinski definition) is 1. The van der Waals surface area contributed by atoms with Crippen LogP contribution >= 0.6 is 11.3 Å². The fraction of sp³-hybridized carbons (Fsp3) is 0.167. The summed E-state index contributed by atoms with van der Waals surface area (Å²) in [5.41, 5.74) is 1.93. The Morgan fingerprint density at radius 3 is 2.63 bits per heavy atom. The minimum atomic E-state index is -0.258. The first kappa shape index (κ1) is 11.8. The predicted molar refractivity (Wildman–Crippen MR) is 74.6 cm³/mol. The van der Waals surface area contributed by atoms with E-state index in [0.717, 1.165) is 11.1 Å². The van der Waals surface area contributed by atoms with Crippen LogP contribution in [0.1, 0.15) is 5.56 Å². The number of benzene rings is 1. The molecule has 0 bridgehead atoms. The number of rotatable bonds is 2. The maximum Gasteiger partial charge on any atom is 0.302 e. The number of nitrogens with zero attached hydrogens (tertiary/aromatic N) is 4. The molecule has 1 aromatic carbocycles. The minimum absolute atomic E-state index is 0.258. The van der Waals surface area contributed by atoms with Crippen LogP contribution in [0.3, 0.4) is 0 Å². The summed E-state index contributed by atoms with van der Waals surface area (Å²) in [7, 11) is 1.75. The molecule has 2 aromatic heterocycles. The molecule has 0 radical (unpaired) electrons. The van der Waals surface area contributed by atoms with E-state index in [1.165, 1.54) is 15.9 Å². The van der Waals surface area contributed by atoms with E-state index in [2.05, 4.69) is 20.6 Å². The van der Waals surface area contributed by atoms with Crippen molar-refractivity contribution in [2.75, 3.05) is 12.4 Å². The fourth-order valence-electron chi connectivity index (χ4n) is 1.71. The first-order valence-electron chi connectivity index (χ1n) is 5.70. The van der Waals surface area contributed by atoms with Gasteiger partial charge >= 0.3 is 5.56 Å². The molecular weight excluding hydrogens is 262 g/mol. The molecule has 0 aliphatic rings. The summed E-state index contributed by atoms with van der Waals surface area (Å²) in [4.78, 5) is 12.8. The molecule has 0 saturated carbocycles. The highest BCUT2D eigenvalue weighted by Crippen LogP contribution is 2.17. The lowest BCUT2D eigenvalue weighted by Crippen LogP contribution is -2.19. The zero-order valence-corrected chi connectivity index (χ0v) is 11.2.